The van der Waals surface area contributed by atoms with Crippen LogP contribution in [0.5, 0.6) is 0 Å². The predicted molar refractivity (Wildman–Crippen MR) is 65.2 cm³/mol. The average molecular weight is 216 g/mol. The van der Waals surface area contributed by atoms with Crippen molar-refractivity contribution in [3.8, 4) is 0 Å². The van der Waals surface area contributed by atoms with Crippen molar-refractivity contribution in [3.63, 3.8) is 0 Å². The molecule has 16 heavy (non-hydrogen) atoms. The molecule has 1 aliphatic heterocycles. The standard InChI is InChI=1S/C15H20O/c1-2-6-12(7-3-1)15-10-13-8-4-5-9-14(13)11-16-15/h1-3,6-7,13-15H,4-5,8-11H2/t13-,14-,15-/m0/s1. The predicted octanol–water partition coefficient (Wildman–Crippen LogP) is 3.95. The molecule has 1 aliphatic carbocycles. The molecule has 0 spiro atoms. The zero-order valence-electron chi connectivity index (χ0n) is 9.77. The van der Waals surface area contributed by atoms with Gasteiger partial charge in [-0.05, 0) is 36.7 Å². The van der Waals surface area contributed by atoms with Crippen molar-refractivity contribution < 1.29 is 4.74 Å². The Kier molecular flexibility index (Phi) is 2.96. The van der Waals surface area contributed by atoms with Crippen LogP contribution in [0.4, 0.5) is 0 Å². The Labute approximate surface area is 97.8 Å². The molecule has 0 amide bonds. The van der Waals surface area contributed by atoms with Crippen LogP contribution in [0, 0.1) is 11.8 Å². The number of ether oxygens (including phenoxy) is 1. The summed E-state index contributed by atoms with van der Waals surface area (Å²) in [5.41, 5.74) is 1.37. The molecule has 3 rings (SSSR count). The number of benzene rings is 1. The van der Waals surface area contributed by atoms with Crippen LogP contribution in [0.1, 0.15) is 43.8 Å². The molecule has 1 saturated heterocycles. The molecule has 1 heterocycles. The van der Waals surface area contributed by atoms with E-state index in [0.717, 1.165) is 18.4 Å². The fraction of sp³-hybridized carbons (Fsp3) is 0.600. The van der Waals surface area contributed by atoms with Crippen molar-refractivity contribution >= 4 is 0 Å². The van der Waals surface area contributed by atoms with Crippen LogP contribution in [0.2, 0.25) is 0 Å². The monoisotopic (exact) mass is 216 g/mol. The van der Waals surface area contributed by atoms with E-state index < -0.39 is 0 Å². The summed E-state index contributed by atoms with van der Waals surface area (Å²) in [6.07, 6.45) is 7.28. The molecule has 2 fully saturated rings. The van der Waals surface area contributed by atoms with Crippen LogP contribution in [0.3, 0.4) is 0 Å². The SMILES string of the molecule is c1ccc([C@@H]2C[C@@H]3CCCC[C@H]3CO2)cc1. The maximum absolute atomic E-state index is 6.03. The summed E-state index contributed by atoms with van der Waals surface area (Å²) < 4.78 is 6.03. The number of hydrogen-bond acceptors (Lipinski definition) is 1. The van der Waals surface area contributed by atoms with Crippen molar-refractivity contribution in [2.24, 2.45) is 11.8 Å². The summed E-state index contributed by atoms with van der Waals surface area (Å²) >= 11 is 0. The lowest BCUT2D eigenvalue weighted by atomic mass is 9.74. The third-order valence-corrected chi connectivity index (χ3v) is 4.27. The lowest BCUT2D eigenvalue weighted by molar-refractivity contribution is -0.0612. The van der Waals surface area contributed by atoms with Crippen LogP contribution in [0.25, 0.3) is 0 Å². The van der Waals surface area contributed by atoms with Gasteiger partial charge in [-0.3, -0.25) is 0 Å². The van der Waals surface area contributed by atoms with E-state index in [2.05, 4.69) is 30.3 Å². The Morgan fingerprint density at radius 3 is 2.50 bits per heavy atom. The average Bonchev–Trinajstić information content (AvgIpc) is 2.39. The van der Waals surface area contributed by atoms with Gasteiger partial charge in [0.05, 0.1) is 12.7 Å². The van der Waals surface area contributed by atoms with Crippen molar-refractivity contribution in [2.45, 2.75) is 38.2 Å². The Hall–Kier alpha value is -0.820. The molecule has 0 radical (unpaired) electrons. The van der Waals surface area contributed by atoms with Crippen LogP contribution < -0.4 is 0 Å². The lowest BCUT2D eigenvalue weighted by Gasteiger charge is -2.39. The minimum Gasteiger partial charge on any atom is -0.373 e. The van der Waals surface area contributed by atoms with Gasteiger partial charge >= 0.3 is 0 Å². The third kappa shape index (κ3) is 2.01. The van der Waals surface area contributed by atoms with Gasteiger partial charge in [0, 0.05) is 0 Å². The van der Waals surface area contributed by atoms with Crippen LogP contribution in [-0.4, -0.2) is 6.61 Å². The minimum absolute atomic E-state index is 0.362. The molecule has 1 aromatic rings. The van der Waals surface area contributed by atoms with E-state index in [4.69, 9.17) is 4.74 Å². The van der Waals surface area contributed by atoms with Gasteiger partial charge in [-0.25, -0.2) is 0 Å². The third-order valence-electron chi connectivity index (χ3n) is 4.27. The zero-order valence-corrected chi connectivity index (χ0v) is 9.77. The molecule has 0 bridgehead atoms. The first-order valence-corrected chi connectivity index (χ1v) is 6.60. The van der Waals surface area contributed by atoms with E-state index in [1.165, 1.54) is 37.7 Å². The first-order valence-electron chi connectivity index (χ1n) is 6.60. The summed E-state index contributed by atoms with van der Waals surface area (Å²) in [6.45, 7) is 0.990. The van der Waals surface area contributed by atoms with Crippen molar-refractivity contribution in [2.75, 3.05) is 6.61 Å². The highest BCUT2D eigenvalue weighted by atomic mass is 16.5. The molecular formula is C15H20O. The minimum atomic E-state index is 0.362. The van der Waals surface area contributed by atoms with Gasteiger partial charge in [-0.1, -0.05) is 43.2 Å². The summed E-state index contributed by atoms with van der Waals surface area (Å²) in [5, 5.41) is 0. The molecule has 3 atom stereocenters. The summed E-state index contributed by atoms with van der Waals surface area (Å²) in [4.78, 5) is 0. The maximum atomic E-state index is 6.03. The van der Waals surface area contributed by atoms with Gasteiger partial charge in [-0.2, -0.15) is 0 Å². The van der Waals surface area contributed by atoms with Gasteiger partial charge < -0.3 is 4.74 Å². The molecule has 2 aliphatic rings. The van der Waals surface area contributed by atoms with Gasteiger partial charge in [0.1, 0.15) is 0 Å². The Morgan fingerprint density at radius 2 is 1.69 bits per heavy atom. The Bertz CT molecular complexity index is 333. The molecule has 1 saturated carbocycles. The van der Waals surface area contributed by atoms with E-state index in [9.17, 15) is 0 Å². The van der Waals surface area contributed by atoms with E-state index in [1.54, 1.807) is 0 Å². The zero-order chi connectivity index (χ0) is 10.8. The summed E-state index contributed by atoms with van der Waals surface area (Å²) in [6, 6.07) is 10.7. The highest BCUT2D eigenvalue weighted by Crippen LogP contribution is 2.41. The molecular weight excluding hydrogens is 196 g/mol. The van der Waals surface area contributed by atoms with E-state index >= 15 is 0 Å². The second-order valence-electron chi connectivity index (χ2n) is 5.27. The highest BCUT2D eigenvalue weighted by Gasteiger charge is 2.33. The molecule has 0 aromatic heterocycles. The number of hydrogen-bond donors (Lipinski definition) is 0. The number of fused-ring (bicyclic) bond motifs is 1. The lowest BCUT2D eigenvalue weighted by Crippen LogP contribution is -2.31. The first kappa shape index (κ1) is 10.3. The smallest absolute Gasteiger partial charge is 0.0827 e. The number of rotatable bonds is 1. The Morgan fingerprint density at radius 1 is 0.938 bits per heavy atom. The van der Waals surface area contributed by atoms with Gasteiger partial charge in [-0.15, -0.1) is 0 Å². The van der Waals surface area contributed by atoms with Crippen molar-refractivity contribution in [1.82, 2.24) is 0 Å². The molecule has 86 valence electrons. The normalized spacial score (nSPS) is 34.4. The van der Waals surface area contributed by atoms with E-state index in [0.29, 0.717) is 6.10 Å². The van der Waals surface area contributed by atoms with Crippen LogP contribution in [0.15, 0.2) is 30.3 Å². The maximum Gasteiger partial charge on any atom is 0.0827 e. The first-order chi connectivity index (χ1) is 7.93. The fourth-order valence-corrected chi connectivity index (χ4v) is 3.30. The largest absolute Gasteiger partial charge is 0.373 e. The molecule has 1 heteroatoms. The highest BCUT2D eigenvalue weighted by molar-refractivity contribution is 5.18. The van der Waals surface area contributed by atoms with Crippen molar-refractivity contribution in [1.29, 1.82) is 0 Å². The summed E-state index contributed by atoms with van der Waals surface area (Å²) in [5.74, 6) is 1.78. The second-order valence-corrected chi connectivity index (χ2v) is 5.27. The Balaban J connectivity index is 1.71. The fourth-order valence-electron chi connectivity index (χ4n) is 3.30. The molecule has 0 unspecified atom stereocenters. The second kappa shape index (κ2) is 4.58. The molecule has 0 N–H and O–H groups in total. The van der Waals surface area contributed by atoms with Gasteiger partial charge in [0.2, 0.25) is 0 Å². The van der Waals surface area contributed by atoms with E-state index in [1.807, 2.05) is 0 Å². The topological polar surface area (TPSA) is 9.23 Å². The van der Waals surface area contributed by atoms with Crippen molar-refractivity contribution in [3.05, 3.63) is 35.9 Å². The summed E-state index contributed by atoms with van der Waals surface area (Å²) in [7, 11) is 0. The van der Waals surface area contributed by atoms with Gasteiger partial charge in [0.25, 0.3) is 0 Å². The van der Waals surface area contributed by atoms with Crippen LogP contribution in [-0.2, 0) is 4.74 Å². The quantitative estimate of drug-likeness (QED) is 0.690. The van der Waals surface area contributed by atoms with Crippen LogP contribution >= 0.6 is 0 Å². The molecule has 1 nitrogen and oxygen atoms in total. The molecule has 1 aromatic carbocycles. The van der Waals surface area contributed by atoms with Gasteiger partial charge in [0.15, 0.2) is 0 Å². The van der Waals surface area contributed by atoms with E-state index in [-0.39, 0.29) is 0 Å².